The van der Waals surface area contributed by atoms with Gasteiger partial charge in [0.1, 0.15) is 4.90 Å². The van der Waals surface area contributed by atoms with Gasteiger partial charge in [0, 0.05) is 25.8 Å². The molecule has 0 amide bonds. The van der Waals surface area contributed by atoms with Gasteiger partial charge in [-0.05, 0) is 39.7 Å². The zero-order chi connectivity index (χ0) is 15.5. The lowest BCUT2D eigenvalue weighted by Crippen LogP contribution is -2.40. The summed E-state index contributed by atoms with van der Waals surface area (Å²) in [5.74, 6) is 0.313. The van der Waals surface area contributed by atoms with E-state index in [1.54, 1.807) is 14.0 Å². The minimum Gasteiger partial charge on any atom is -0.381 e. The van der Waals surface area contributed by atoms with Crippen molar-refractivity contribution in [3.8, 4) is 0 Å². The third kappa shape index (κ3) is 3.82. The van der Waals surface area contributed by atoms with E-state index in [4.69, 9.17) is 4.74 Å². The van der Waals surface area contributed by atoms with Crippen LogP contribution in [0.15, 0.2) is 4.90 Å². The van der Waals surface area contributed by atoms with Crippen LogP contribution in [0, 0.1) is 12.8 Å². The van der Waals surface area contributed by atoms with E-state index in [-0.39, 0.29) is 10.9 Å². The lowest BCUT2D eigenvalue weighted by Gasteiger charge is -2.28. The Labute approximate surface area is 125 Å². The highest BCUT2D eigenvalue weighted by molar-refractivity contribution is 7.89. The van der Waals surface area contributed by atoms with Crippen LogP contribution in [0.1, 0.15) is 31.2 Å². The molecule has 0 aromatic carbocycles. The second-order valence-corrected chi connectivity index (χ2v) is 7.17. The number of nitrogens with zero attached hydrogens (tertiary/aromatic N) is 1. The Morgan fingerprint density at radius 2 is 2.10 bits per heavy atom. The monoisotopic (exact) mass is 316 g/mol. The summed E-state index contributed by atoms with van der Waals surface area (Å²) in [7, 11) is -1.81. The smallest absolute Gasteiger partial charge is 0.244 e. The number of nitrogens with one attached hydrogen (secondary N) is 3. The standard InChI is InChI=1S/C13H24N4O3S/c1-9(11-4-6-20-7-5-11)17-21(18,19)13-10(2)15-16-12(13)8-14-3/h9,11,14,17H,4-8H2,1-3H3,(H,15,16). The van der Waals surface area contributed by atoms with Gasteiger partial charge in [0.25, 0.3) is 0 Å². The molecule has 1 saturated heterocycles. The van der Waals surface area contributed by atoms with Crippen LogP contribution in [0.2, 0.25) is 0 Å². The van der Waals surface area contributed by atoms with Gasteiger partial charge in [0.05, 0.1) is 11.4 Å². The lowest BCUT2D eigenvalue weighted by molar-refractivity contribution is 0.0585. The average Bonchev–Trinajstić information content (AvgIpc) is 2.81. The number of aromatic nitrogens is 2. The van der Waals surface area contributed by atoms with E-state index < -0.39 is 10.0 Å². The summed E-state index contributed by atoms with van der Waals surface area (Å²) in [5, 5.41) is 9.75. The van der Waals surface area contributed by atoms with E-state index in [2.05, 4.69) is 20.2 Å². The summed E-state index contributed by atoms with van der Waals surface area (Å²) in [6.45, 7) is 5.45. The van der Waals surface area contributed by atoms with E-state index in [0.29, 0.717) is 37.1 Å². The van der Waals surface area contributed by atoms with Crippen molar-refractivity contribution in [3.05, 3.63) is 11.4 Å². The van der Waals surface area contributed by atoms with Gasteiger partial charge < -0.3 is 10.1 Å². The Balaban J connectivity index is 2.16. The number of hydrogen-bond donors (Lipinski definition) is 3. The Morgan fingerprint density at radius 1 is 1.43 bits per heavy atom. The second-order valence-electron chi connectivity index (χ2n) is 5.51. The fourth-order valence-corrected chi connectivity index (χ4v) is 4.41. The van der Waals surface area contributed by atoms with Gasteiger partial charge in [-0.2, -0.15) is 5.10 Å². The largest absolute Gasteiger partial charge is 0.381 e. The van der Waals surface area contributed by atoms with Crippen molar-refractivity contribution in [1.82, 2.24) is 20.2 Å². The fraction of sp³-hybridized carbons (Fsp3) is 0.769. The predicted octanol–water partition coefficient (Wildman–Crippen LogP) is 0.531. The summed E-state index contributed by atoms with van der Waals surface area (Å²) in [4.78, 5) is 0.260. The second kappa shape index (κ2) is 6.87. The number of hydrogen-bond acceptors (Lipinski definition) is 5. The quantitative estimate of drug-likeness (QED) is 0.711. The number of aromatic amines is 1. The summed E-state index contributed by atoms with van der Waals surface area (Å²) in [6.07, 6.45) is 1.77. The minimum atomic E-state index is -3.57. The third-order valence-corrected chi connectivity index (χ3v) is 5.65. The van der Waals surface area contributed by atoms with Gasteiger partial charge in [-0.15, -0.1) is 0 Å². The van der Waals surface area contributed by atoms with Crippen LogP contribution < -0.4 is 10.0 Å². The van der Waals surface area contributed by atoms with Crippen LogP contribution in [0.3, 0.4) is 0 Å². The first-order valence-electron chi connectivity index (χ1n) is 7.24. The molecule has 2 rings (SSSR count). The first-order valence-corrected chi connectivity index (χ1v) is 8.72. The highest BCUT2D eigenvalue weighted by Gasteiger charge is 2.29. The van der Waals surface area contributed by atoms with Crippen LogP contribution in [0.5, 0.6) is 0 Å². The van der Waals surface area contributed by atoms with Crippen LogP contribution in [-0.4, -0.2) is 44.9 Å². The van der Waals surface area contributed by atoms with Gasteiger partial charge in [0.15, 0.2) is 0 Å². The number of ether oxygens (including phenoxy) is 1. The molecule has 0 radical (unpaired) electrons. The first-order chi connectivity index (χ1) is 9.95. The highest BCUT2D eigenvalue weighted by atomic mass is 32.2. The molecular weight excluding hydrogens is 292 g/mol. The van der Waals surface area contributed by atoms with E-state index in [1.165, 1.54) is 0 Å². The van der Waals surface area contributed by atoms with Crippen molar-refractivity contribution in [3.63, 3.8) is 0 Å². The van der Waals surface area contributed by atoms with Crippen molar-refractivity contribution < 1.29 is 13.2 Å². The molecule has 2 heterocycles. The number of aryl methyl sites for hydroxylation is 1. The molecule has 8 heteroatoms. The fourth-order valence-electron chi connectivity index (χ4n) is 2.73. The van der Waals surface area contributed by atoms with Crippen molar-refractivity contribution in [2.75, 3.05) is 20.3 Å². The molecule has 1 atom stereocenters. The molecule has 1 unspecified atom stereocenters. The molecule has 0 bridgehead atoms. The molecule has 3 N–H and O–H groups in total. The maximum Gasteiger partial charge on any atom is 0.244 e. The van der Waals surface area contributed by atoms with Gasteiger partial charge in [-0.3, -0.25) is 5.10 Å². The average molecular weight is 316 g/mol. The molecule has 7 nitrogen and oxygen atoms in total. The Hall–Kier alpha value is -0.960. The molecule has 0 spiro atoms. The Kier molecular flexibility index (Phi) is 5.37. The molecule has 1 fully saturated rings. The minimum absolute atomic E-state index is 0.115. The molecule has 21 heavy (non-hydrogen) atoms. The van der Waals surface area contributed by atoms with Crippen LogP contribution in [-0.2, 0) is 21.3 Å². The van der Waals surface area contributed by atoms with E-state index in [1.807, 2.05) is 6.92 Å². The first kappa shape index (κ1) is 16.4. The molecule has 1 aliphatic rings. The normalized spacial score (nSPS) is 18.8. The maximum absolute atomic E-state index is 12.6. The number of sulfonamides is 1. The zero-order valence-corrected chi connectivity index (χ0v) is 13.6. The summed E-state index contributed by atoms with van der Waals surface area (Å²) in [5.41, 5.74) is 1.08. The van der Waals surface area contributed by atoms with Crippen molar-refractivity contribution in [2.45, 2.75) is 44.2 Å². The number of rotatable bonds is 6. The van der Waals surface area contributed by atoms with Crippen molar-refractivity contribution in [2.24, 2.45) is 5.92 Å². The summed E-state index contributed by atoms with van der Waals surface area (Å²) >= 11 is 0. The van der Waals surface area contributed by atoms with Crippen LogP contribution in [0.4, 0.5) is 0 Å². The number of H-pyrrole nitrogens is 1. The van der Waals surface area contributed by atoms with Crippen molar-refractivity contribution >= 4 is 10.0 Å². The van der Waals surface area contributed by atoms with Crippen LogP contribution >= 0.6 is 0 Å². The van der Waals surface area contributed by atoms with E-state index in [0.717, 1.165) is 12.8 Å². The topological polar surface area (TPSA) is 96.1 Å². The highest BCUT2D eigenvalue weighted by Crippen LogP contribution is 2.22. The SMILES string of the molecule is CNCc1n[nH]c(C)c1S(=O)(=O)NC(C)C1CCOCC1. The molecule has 1 aromatic rings. The zero-order valence-electron chi connectivity index (χ0n) is 12.8. The molecule has 0 aliphatic carbocycles. The van der Waals surface area contributed by atoms with Gasteiger partial charge >= 0.3 is 0 Å². The van der Waals surface area contributed by atoms with Gasteiger partial charge in [-0.25, -0.2) is 13.1 Å². The lowest BCUT2D eigenvalue weighted by atomic mass is 9.94. The predicted molar refractivity (Wildman–Crippen MR) is 79.4 cm³/mol. The summed E-state index contributed by atoms with van der Waals surface area (Å²) < 4.78 is 33.4. The Morgan fingerprint density at radius 3 is 2.71 bits per heavy atom. The molecular formula is C13H24N4O3S. The van der Waals surface area contributed by atoms with Crippen molar-refractivity contribution in [1.29, 1.82) is 0 Å². The molecule has 1 aliphatic heterocycles. The molecule has 120 valence electrons. The van der Waals surface area contributed by atoms with E-state index in [9.17, 15) is 8.42 Å². The van der Waals surface area contributed by atoms with Crippen LogP contribution in [0.25, 0.3) is 0 Å². The maximum atomic E-state index is 12.6. The van der Waals surface area contributed by atoms with Gasteiger partial charge in [-0.1, -0.05) is 0 Å². The Bertz CT molecular complexity index is 564. The third-order valence-electron chi connectivity index (χ3n) is 3.89. The molecule has 1 aromatic heterocycles. The summed E-state index contributed by atoms with van der Waals surface area (Å²) in [6, 6.07) is -0.115. The van der Waals surface area contributed by atoms with Gasteiger partial charge in [0.2, 0.25) is 10.0 Å². The molecule has 0 saturated carbocycles. The van der Waals surface area contributed by atoms with E-state index >= 15 is 0 Å².